The number of hydrogen-bond donors (Lipinski definition) is 0. The van der Waals surface area contributed by atoms with Crippen LogP contribution in [0.5, 0.6) is 0 Å². The van der Waals surface area contributed by atoms with Crippen LogP contribution in [0.3, 0.4) is 0 Å². The van der Waals surface area contributed by atoms with E-state index in [-0.39, 0.29) is 30.2 Å². The molecule has 0 atom stereocenters. The van der Waals surface area contributed by atoms with Crippen molar-refractivity contribution in [1.82, 2.24) is 0 Å². The Hall–Kier alpha value is -0.530. The fourth-order valence-electron chi connectivity index (χ4n) is 2.41. The van der Waals surface area contributed by atoms with Crippen LogP contribution in [0.1, 0.15) is 12.0 Å². The molecule has 0 N–H and O–H groups in total. The van der Waals surface area contributed by atoms with Crippen molar-refractivity contribution >= 4 is 27.0 Å². The molecule has 0 aliphatic heterocycles. The summed E-state index contributed by atoms with van der Waals surface area (Å²) in [7, 11) is 0. The standard InChI is InChI=1S/C14H11.C5H5.C2H6Si.2ClH.Zr/c1-10-6-7-12-9-11-4-2-3-5-13(11)14(12)8-10;1-2-4-5-3-1;1-3-2;;;/h2-9H,1H3;1-3H,4H2;1-2H3;2*1H;/q2*-1;;;;+2/p-2. The molecule has 4 heteroatoms. The number of hydrogen-bond acceptors (Lipinski definition) is 0. The Morgan fingerprint density at radius 2 is 1.64 bits per heavy atom. The molecule has 25 heavy (non-hydrogen) atoms. The van der Waals surface area contributed by atoms with Crippen LogP contribution in [0.2, 0.25) is 13.1 Å². The molecule has 1 aliphatic rings. The van der Waals surface area contributed by atoms with E-state index in [9.17, 15) is 0 Å². The molecule has 130 valence electrons. The van der Waals surface area contributed by atoms with E-state index in [1.807, 2.05) is 12.2 Å². The summed E-state index contributed by atoms with van der Waals surface area (Å²) in [6.45, 7) is 6.76. The van der Waals surface area contributed by atoms with E-state index >= 15 is 0 Å². The predicted molar refractivity (Wildman–Crippen MR) is 101 cm³/mol. The molecular weight excluding hydrogens is 442 g/mol. The van der Waals surface area contributed by atoms with Gasteiger partial charge in [-0.3, -0.25) is 6.08 Å². The van der Waals surface area contributed by atoms with Crippen molar-refractivity contribution < 1.29 is 48.1 Å². The maximum atomic E-state index is 2.99. The summed E-state index contributed by atoms with van der Waals surface area (Å²) in [4.78, 5) is 0. The van der Waals surface area contributed by atoms with E-state index in [0.717, 1.165) is 6.42 Å². The maximum Gasteiger partial charge on any atom is -0.0410 e. The summed E-state index contributed by atoms with van der Waals surface area (Å²) in [5.74, 6) is 0. The molecule has 0 nitrogen and oxygen atoms in total. The van der Waals surface area contributed by atoms with Crippen LogP contribution in [0.15, 0.2) is 66.8 Å². The van der Waals surface area contributed by atoms with Gasteiger partial charge in [-0.1, -0.05) is 35.9 Å². The van der Waals surface area contributed by atoms with Gasteiger partial charge in [-0.25, -0.2) is 12.2 Å². The molecule has 0 spiro atoms. The minimum Gasteiger partial charge on any atom is -1.00 e. The Morgan fingerprint density at radius 1 is 1.00 bits per heavy atom. The third-order valence-corrected chi connectivity index (χ3v) is 3.36. The molecule has 0 bridgehead atoms. The molecule has 1 aliphatic carbocycles. The van der Waals surface area contributed by atoms with Gasteiger partial charge in [0.1, 0.15) is 0 Å². The number of fused-ring (bicyclic) bond motifs is 3. The van der Waals surface area contributed by atoms with Gasteiger partial charge >= 0.3 is 41.9 Å². The van der Waals surface area contributed by atoms with Crippen LogP contribution in [0.25, 0.3) is 21.5 Å². The number of benzene rings is 2. The van der Waals surface area contributed by atoms with Crippen molar-refractivity contribution in [3.8, 4) is 0 Å². The SMILES string of the molecule is C[Si](C)=[Zr+2].Cc1ccc2[cH-]c3ccccc3c2c1.[C-]1=CC=CC1.[Cl-].[Cl-]. The molecule has 0 heterocycles. The molecule has 0 saturated carbocycles. The molecule has 0 unspecified atom stereocenters. The summed E-state index contributed by atoms with van der Waals surface area (Å²) in [6.07, 6.45) is 10.0. The van der Waals surface area contributed by atoms with Gasteiger partial charge in [0.2, 0.25) is 0 Å². The zero-order valence-corrected chi connectivity index (χ0v) is 19.8. The monoisotopic (exact) mass is 462 g/mol. The van der Waals surface area contributed by atoms with Gasteiger partial charge < -0.3 is 24.8 Å². The van der Waals surface area contributed by atoms with E-state index in [2.05, 4.69) is 80.7 Å². The van der Waals surface area contributed by atoms with Gasteiger partial charge in [0.25, 0.3) is 0 Å². The van der Waals surface area contributed by atoms with Gasteiger partial charge in [-0.15, -0.1) is 46.2 Å². The molecule has 0 aromatic heterocycles. The minimum absolute atomic E-state index is 0. The summed E-state index contributed by atoms with van der Waals surface area (Å²) in [5.41, 5.74) is 1.54. The first-order valence-electron chi connectivity index (χ1n) is 7.86. The molecule has 0 radical (unpaired) electrons. The Balaban J connectivity index is 0.000000443. The first-order chi connectivity index (χ1) is 11.1. The van der Waals surface area contributed by atoms with Gasteiger partial charge in [0.05, 0.1) is 0 Å². The van der Waals surface area contributed by atoms with Crippen LogP contribution < -0.4 is 24.8 Å². The second-order valence-corrected chi connectivity index (χ2v) is 15.2. The van der Waals surface area contributed by atoms with Crippen LogP contribution in [0, 0.1) is 13.0 Å². The Morgan fingerprint density at radius 3 is 2.20 bits per heavy atom. The summed E-state index contributed by atoms with van der Waals surface area (Å²) >= 11 is 1.74. The largest absolute Gasteiger partial charge is 1.00 e. The molecule has 3 aromatic rings. The van der Waals surface area contributed by atoms with Crippen LogP contribution >= 0.6 is 0 Å². The Labute approximate surface area is 179 Å². The van der Waals surface area contributed by atoms with E-state index in [1.165, 1.54) is 27.1 Å². The molecular formula is C21H22Cl2SiZr-2. The summed E-state index contributed by atoms with van der Waals surface area (Å²) < 4.78 is 0. The number of allylic oxidation sites excluding steroid dienone is 4. The fraction of sp³-hybridized carbons (Fsp3) is 0.190. The average molecular weight is 465 g/mol. The van der Waals surface area contributed by atoms with Crippen molar-refractivity contribution in [2.24, 2.45) is 0 Å². The zero-order valence-electron chi connectivity index (χ0n) is 14.8. The van der Waals surface area contributed by atoms with Crippen molar-refractivity contribution in [1.29, 1.82) is 0 Å². The van der Waals surface area contributed by atoms with E-state index in [0.29, 0.717) is 0 Å². The second-order valence-electron chi connectivity index (χ2n) is 5.83. The molecule has 3 aromatic carbocycles. The first kappa shape index (κ1) is 24.5. The van der Waals surface area contributed by atoms with E-state index in [1.54, 1.807) is 23.3 Å². The topological polar surface area (TPSA) is 0 Å². The first-order valence-corrected chi connectivity index (χ1v) is 14.0. The second kappa shape index (κ2) is 12.8. The predicted octanol–water partition coefficient (Wildman–Crippen LogP) is 0.118. The van der Waals surface area contributed by atoms with Crippen molar-refractivity contribution in [2.45, 2.75) is 26.4 Å². The van der Waals surface area contributed by atoms with Gasteiger partial charge in [-0.05, 0) is 6.92 Å². The average Bonchev–Trinajstić information content (AvgIpc) is 3.17. The van der Waals surface area contributed by atoms with Crippen molar-refractivity contribution in [3.05, 3.63) is 78.4 Å². The summed E-state index contributed by atoms with van der Waals surface area (Å²) in [5, 5.41) is 5.43. The van der Waals surface area contributed by atoms with E-state index < -0.39 is 0 Å². The molecule has 0 fully saturated rings. The minimum atomic E-state index is 0. The quantitative estimate of drug-likeness (QED) is 0.328. The van der Waals surface area contributed by atoms with Gasteiger partial charge in [0, 0.05) is 0 Å². The van der Waals surface area contributed by atoms with E-state index in [4.69, 9.17) is 0 Å². The van der Waals surface area contributed by atoms with Crippen molar-refractivity contribution in [3.63, 3.8) is 0 Å². The molecule has 0 saturated heterocycles. The van der Waals surface area contributed by atoms with Gasteiger partial charge in [-0.2, -0.15) is 6.08 Å². The zero-order chi connectivity index (χ0) is 16.7. The smallest absolute Gasteiger partial charge is 0.0410 e. The van der Waals surface area contributed by atoms with Gasteiger partial charge in [0.15, 0.2) is 0 Å². The van der Waals surface area contributed by atoms with Crippen LogP contribution in [0.4, 0.5) is 0 Å². The maximum absolute atomic E-state index is 2.99. The normalized spacial score (nSPS) is 10.9. The Bertz CT molecular complexity index is 849. The number of halogens is 2. The van der Waals surface area contributed by atoms with Crippen LogP contribution in [-0.4, -0.2) is 5.43 Å². The third kappa shape index (κ3) is 8.13. The molecule has 0 amide bonds. The number of rotatable bonds is 0. The number of aryl methyl sites for hydroxylation is 1. The summed E-state index contributed by atoms with van der Waals surface area (Å²) in [6, 6.07) is 17.4. The fourth-order valence-corrected chi connectivity index (χ4v) is 2.41. The van der Waals surface area contributed by atoms with Crippen molar-refractivity contribution in [2.75, 3.05) is 0 Å². The molecule has 4 rings (SSSR count). The van der Waals surface area contributed by atoms with Crippen LogP contribution in [-0.2, 0) is 23.3 Å². The third-order valence-electron chi connectivity index (χ3n) is 3.36. The Kier molecular flexibility index (Phi) is 12.5.